The van der Waals surface area contributed by atoms with Crippen molar-refractivity contribution < 1.29 is 20.1 Å². The van der Waals surface area contributed by atoms with Gasteiger partial charge in [-0.25, -0.2) is 14.9 Å². The molecule has 0 aliphatic carbocycles. The Morgan fingerprint density at radius 1 is 1.00 bits per heavy atom. The minimum absolute atomic E-state index is 0.440. The molecule has 0 fully saturated rings. The predicted molar refractivity (Wildman–Crippen MR) is 88.5 cm³/mol. The standard InChI is InChI=1S/C11H6IN5O9/c12-8-7(9(18)13(17(25)26)10(19)14(8)20)11(15(21)22,16(23)24)6-4-2-1-3-5-6/h1-5,20H. The highest BCUT2D eigenvalue weighted by Crippen LogP contribution is 2.33. The highest BCUT2D eigenvalue weighted by Gasteiger charge is 2.64. The number of halogens is 1. The Balaban J connectivity index is 3.18. The summed E-state index contributed by atoms with van der Waals surface area (Å²) >= 11 is 1.08. The lowest BCUT2D eigenvalue weighted by Crippen LogP contribution is -2.55. The molecule has 0 unspecified atom stereocenters. The highest BCUT2D eigenvalue weighted by molar-refractivity contribution is 14.1. The van der Waals surface area contributed by atoms with E-state index in [1.54, 1.807) is 0 Å². The second-order valence-electron chi connectivity index (χ2n) is 4.67. The molecule has 0 aliphatic heterocycles. The molecule has 2 rings (SSSR count). The van der Waals surface area contributed by atoms with E-state index < -0.39 is 56.0 Å². The van der Waals surface area contributed by atoms with Gasteiger partial charge in [-0.2, -0.15) is 0 Å². The molecule has 0 radical (unpaired) electrons. The predicted octanol–water partition coefficient (Wildman–Crippen LogP) is -0.354. The average molecular weight is 479 g/mol. The van der Waals surface area contributed by atoms with E-state index in [0.717, 1.165) is 34.7 Å². The highest BCUT2D eigenvalue weighted by atomic mass is 127. The molecule has 0 aliphatic rings. The van der Waals surface area contributed by atoms with Crippen molar-refractivity contribution in [2.24, 2.45) is 0 Å². The number of hydrogen-bond acceptors (Lipinski definition) is 9. The maximum atomic E-state index is 12.4. The quantitative estimate of drug-likeness (QED) is 0.149. The van der Waals surface area contributed by atoms with Crippen LogP contribution in [0, 0.1) is 34.0 Å². The Morgan fingerprint density at radius 3 is 1.92 bits per heavy atom. The molecule has 15 heteroatoms. The van der Waals surface area contributed by atoms with Crippen LogP contribution in [0.2, 0.25) is 0 Å². The molecule has 0 bridgehead atoms. The molecule has 0 saturated carbocycles. The molecule has 0 atom stereocenters. The van der Waals surface area contributed by atoms with Crippen LogP contribution in [0.25, 0.3) is 0 Å². The first-order valence-electron chi connectivity index (χ1n) is 6.35. The minimum atomic E-state index is -3.50. The van der Waals surface area contributed by atoms with Crippen LogP contribution in [-0.4, -0.2) is 29.5 Å². The van der Waals surface area contributed by atoms with Gasteiger partial charge >= 0.3 is 16.9 Å². The topological polar surface area (TPSA) is 194 Å². The normalized spacial score (nSPS) is 11.1. The summed E-state index contributed by atoms with van der Waals surface area (Å²) in [6, 6.07) is 5.74. The van der Waals surface area contributed by atoms with Crippen molar-refractivity contribution >= 4 is 22.6 Å². The van der Waals surface area contributed by atoms with Crippen molar-refractivity contribution in [3.63, 3.8) is 0 Å². The molecule has 136 valence electrons. The zero-order chi connectivity index (χ0) is 19.8. The van der Waals surface area contributed by atoms with Gasteiger partial charge in [0.15, 0.2) is 5.03 Å². The summed E-state index contributed by atoms with van der Waals surface area (Å²) < 4.78 is -2.10. The first-order valence-corrected chi connectivity index (χ1v) is 7.42. The van der Waals surface area contributed by atoms with Gasteiger partial charge in [0.25, 0.3) is 0 Å². The Labute approximate surface area is 154 Å². The van der Waals surface area contributed by atoms with Crippen molar-refractivity contribution in [3.8, 4) is 0 Å². The van der Waals surface area contributed by atoms with E-state index in [4.69, 9.17) is 0 Å². The van der Waals surface area contributed by atoms with Crippen molar-refractivity contribution in [2.75, 3.05) is 0 Å². The lowest BCUT2D eigenvalue weighted by molar-refractivity contribution is -0.797. The molecule has 0 amide bonds. The van der Waals surface area contributed by atoms with Crippen molar-refractivity contribution in [2.45, 2.75) is 5.66 Å². The summed E-state index contributed by atoms with van der Waals surface area (Å²) in [7, 11) is 0. The number of hydrogen-bond donors (Lipinski definition) is 1. The third-order valence-electron chi connectivity index (χ3n) is 3.38. The van der Waals surface area contributed by atoms with E-state index in [9.17, 15) is 45.1 Å². The molecule has 2 aromatic rings. The van der Waals surface area contributed by atoms with Crippen molar-refractivity contribution in [3.05, 3.63) is 96.3 Å². The van der Waals surface area contributed by atoms with Crippen LogP contribution in [0.5, 0.6) is 0 Å². The van der Waals surface area contributed by atoms with E-state index in [-0.39, 0.29) is 0 Å². The molecular weight excluding hydrogens is 473 g/mol. The lowest BCUT2D eigenvalue weighted by Gasteiger charge is -2.18. The molecule has 26 heavy (non-hydrogen) atoms. The number of nitrogens with zero attached hydrogens (tertiary/aromatic N) is 5. The van der Waals surface area contributed by atoms with Crippen LogP contribution in [0.1, 0.15) is 11.1 Å². The van der Waals surface area contributed by atoms with Gasteiger partial charge in [0.2, 0.25) is 5.56 Å². The van der Waals surface area contributed by atoms with E-state index >= 15 is 0 Å². The van der Waals surface area contributed by atoms with Crippen molar-refractivity contribution in [1.82, 2.24) is 9.41 Å². The largest absolute Gasteiger partial charge is 0.518 e. The van der Waals surface area contributed by atoms with Crippen LogP contribution in [0.3, 0.4) is 0 Å². The number of benzene rings is 1. The Hall–Kier alpha value is -3.37. The summed E-state index contributed by atoms with van der Waals surface area (Å²) in [6.07, 6.45) is 0. The maximum absolute atomic E-state index is 12.4. The Kier molecular flexibility index (Phi) is 4.74. The van der Waals surface area contributed by atoms with E-state index in [2.05, 4.69) is 0 Å². The zero-order valence-corrected chi connectivity index (χ0v) is 14.4. The summed E-state index contributed by atoms with van der Waals surface area (Å²) in [6.45, 7) is 0. The van der Waals surface area contributed by atoms with E-state index in [1.165, 1.54) is 18.2 Å². The summed E-state index contributed by atoms with van der Waals surface area (Å²) in [4.78, 5) is 55.6. The minimum Gasteiger partial charge on any atom is -0.423 e. The fourth-order valence-corrected chi connectivity index (χ4v) is 3.09. The van der Waals surface area contributed by atoms with Gasteiger partial charge in [0.05, 0.1) is 0 Å². The molecular formula is C11H6IN5O9. The van der Waals surface area contributed by atoms with Crippen LogP contribution >= 0.6 is 22.6 Å². The number of rotatable bonds is 5. The Morgan fingerprint density at radius 2 is 1.50 bits per heavy atom. The fraction of sp³-hybridized carbons (Fsp3) is 0.0909. The first kappa shape index (κ1) is 19.0. The van der Waals surface area contributed by atoms with Crippen LogP contribution in [0.4, 0.5) is 0 Å². The molecule has 14 nitrogen and oxygen atoms in total. The molecule has 1 heterocycles. The van der Waals surface area contributed by atoms with Gasteiger partial charge < -0.3 is 5.21 Å². The SMILES string of the molecule is O=c1c(C(c2ccccc2)([N+](=O)[O-])[N+](=O)[O-])c(I)n(O)c(=O)n1[N+](=O)[O-]. The fourth-order valence-electron chi connectivity index (χ4n) is 2.27. The van der Waals surface area contributed by atoms with Crippen molar-refractivity contribution in [1.29, 1.82) is 0 Å². The van der Waals surface area contributed by atoms with E-state index in [0.29, 0.717) is 0 Å². The van der Waals surface area contributed by atoms with Gasteiger partial charge in [0, 0.05) is 4.68 Å². The third kappa shape index (κ3) is 2.48. The first-order chi connectivity index (χ1) is 12.1. The van der Waals surface area contributed by atoms with Gasteiger partial charge in [-0.3, -0.25) is 25.0 Å². The van der Waals surface area contributed by atoms with Gasteiger partial charge in [-0.1, -0.05) is 18.2 Å². The summed E-state index contributed by atoms with van der Waals surface area (Å²) in [5.74, 6) is 0. The monoisotopic (exact) mass is 479 g/mol. The second kappa shape index (κ2) is 6.50. The second-order valence-corrected chi connectivity index (χ2v) is 5.69. The van der Waals surface area contributed by atoms with Crippen LogP contribution in [-0.2, 0) is 5.66 Å². The molecule has 0 saturated heterocycles. The summed E-state index contributed by atoms with van der Waals surface area (Å²) in [5.41, 5.74) is -9.23. The lowest BCUT2D eigenvalue weighted by atomic mass is 9.94. The van der Waals surface area contributed by atoms with E-state index in [1.807, 2.05) is 0 Å². The molecule has 1 N–H and O–H groups in total. The van der Waals surface area contributed by atoms with Crippen LogP contribution in [0.15, 0.2) is 39.9 Å². The summed E-state index contributed by atoms with van der Waals surface area (Å²) in [5, 5.41) is 42.6. The third-order valence-corrected chi connectivity index (χ3v) is 4.37. The average Bonchev–Trinajstić information content (AvgIpc) is 2.56. The van der Waals surface area contributed by atoms with Gasteiger partial charge in [-0.15, -0.1) is 4.73 Å². The molecule has 1 aromatic carbocycles. The van der Waals surface area contributed by atoms with Gasteiger partial charge in [0.1, 0.15) is 19.1 Å². The van der Waals surface area contributed by atoms with Crippen LogP contribution < -0.4 is 11.2 Å². The molecule has 1 aromatic heterocycles. The maximum Gasteiger partial charge on any atom is 0.518 e. The molecule has 0 spiro atoms. The number of nitro groups is 3. The number of aromatic nitrogens is 2. The van der Waals surface area contributed by atoms with Gasteiger partial charge in [-0.05, 0) is 34.7 Å². The smallest absolute Gasteiger partial charge is 0.423 e. The zero-order valence-electron chi connectivity index (χ0n) is 12.2. The Bertz CT molecular complexity index is 1030.